The molecular formula is C23H31N3O5. The molecule has 4 atom stereocenters. The standard InChI is InChI=1S/C23H31N3O5/c1-13-11-26(18-17(28)12-31-19(13)18)22(30)20(23(3,4)5)25-21(29)16-8-6-15(7-9-16)10-24-14(2)27/h6-9,13,18-20H,10-12H2,1-5H3,(H,24,27)(H,25,29)/t13-,18+,19+,20?/m0/s1. The molecule has 0 aliphatic carbocycles. The Morgan fingerprint density at radius 1 is 1.19 bits per heavy atom. The van der Waals surface area contributed by atoms with E-state index in [4.69, 9.17) is 4.74 Å². The van der Waals surface area contributed by atoms with Crippen molar-refractivity contribution in [2.45, 2.75) is 59.4 Å². The van der Waals surface area contributed by atoms with Crippen LogP contribution >= 0.6 is 0 Å². The Labute approximate surface area is 182 Å². The molecule has 8 nitrogen and oxygen atoms in total. The number of rotatable bonds is 5. The molecule has 2 fully saturated rings. The Morgan fingerprint density at radius 3 is 2.42 bits per heavy atom. The summed E-state index contributed by atoms with van der Waals surface area (Å²) in [6.07, 6.45) is -0.274. The van der Waals surface area contributed by atoms with E-state index in [9.17, 15) is 19.2 Å². The smallest absolute Gasteiger partial charge is 0.251 e. The highest BCUT2D eigenvalue weighted by Crippen LogP contribution is 2.33. The van der Waals surface area contributed by atoms with Crippen LogP contribution in [0.15, 0.2) is 24.3 Å². The summed E-state index contributed by atoms with van der Waals surface area (Å²) in [7, 11) is 0. The predicted molar refractivity (Wildman–Crippen MR) is 114 cm³/mol. The molecule has 1 aromatic rings. The van der Waals surface area contributed by atoms with Crippen LogP contribution in [0.2, 0.25) is 0 Å². The quantitative estimate of drug-likeness (QED) is 0.734. The fourth-order valence-corrected chi connectivity index (χ4v) is 4.15. The molecule has 1 aromatic carbocycles. The summed E-state index contributed by atoms with van der Waals surface area (Å²) in [6.45, 7) is 9.91. The summed E-state index contributed by atoms with van der Waals surface area (Å²) in [5.41, 5.74) is 0.732. The molecule has 0 saturated carbocycles. The van der Waals surface area contributed by atoms with E-state index in [0.29, 0.717) is 18.7 Å². The molecule has 168 valence electrons. The van der Waals surface area contributed by atoms with Crippen LogP contribution < -0.4 is 10.6 Å². The van der Waals surface area contributed by atoms with Gasteiger partial charge >= 0.3 is 0 Å². The molecule has 3 rings (SSSR count). The van der Waals surface area contributed by atoms with E-state index in [2.05, 4.69) is 10.6 Å². The second-order valence-electron chi connectivity index (χ2n) is 9.53. The number of amides is 3. The van der Waals surface area contributed by atoms with E-state index < -0.39 is 17.5 Å². The maximum absolute atomic E-state index is 13.5. The van der Waals surface area contributed by atoms with Gasteiger partial charge in [0.05, 0.1) is 6.10 Å². The average Bonchev–Trinajstić information content (AvgIpc) is 3.24. The SMILES string of the molecule is CC(=O)NCc1ccc(C(=O)NC(C(=O)N2C[C@H](C)[C@H]3OCC(=O)[C@H]32)C(C)(C)C)cc1. The van der Waals surface area contributed by atoms with Crippen LogP contribution in [0.3, 0.4) is 0 Å². The molecule has 2 N–H and O–H groups in total. The molecule has 3 amide bonds. The second-order valence-corrected chi connectivity index (χ2v) is 9.53. The Kier molecular flexibility index (Phi) is 6.50. The first kappa shape index (κ1) is 22.9. The second kappa shape index (κ2) is 8.78. The van der Waals surface area contributed by atoms with E-state index in [1.807, 2.05) is 27.7 Å². The number of benzene rings is 1. The van der Waals surface area contributed by atoms with Gasteiger partial charge in [-0.2, -0.15) is 0 Å². The lowest BCUT2D eigenvalue weighted by molar-refractivity contribution is -0.140. The predicted octanol–water partition coefficient (Wildman–Crippen LogP) is 1.28. The highest BCUT2D eigenvalue weighted by Gasteiger charge is 2.52. The van der Waals surface area contributed by atoms with Gasteiger partial charge in [0.2, 0.25) is 11.8 Å². The van der Waals surface area contributed by atoms with Crippen molar-refractivity contribution < 1.29 is 23.9 Å². The van der Waals surface area contributed by atoms with Crippen LogP contribution in [-0.4, -0.2) is 59.7 Å². The van der Waals surface area contributed by atoms with E-state index in [1.54, 1.807) is 29.2 Å². The van der Waals surface area contributed by atoms with Gasteiger partial charge in [0, 0.05) is 31.5 Å². The van der Waals surface area contributed by atoms with Crippen LogP contribution in [0.5, 0.6) is 0 Å². The molecule has 31 heavy (non-hydrogen) atoms. The number of nitrogens with one attached hydrogen (secondary N) is 2. The van der Waals surface area contributed by atoms with Crippen LogP contribution in [0, 0.1) is 11.3 Å². The Bertz CT molecular complexity index is 874. The molecule has 8 heteroatoms. The summed E-state index contributed by atoms with van der Waals surface area (Å²) in [5.74, 6) is -0.777. The van der Waals surface area contributed by atoms with E-state index in [-0.39, 0.29) is 42.1 Å². The van der Waals surface area contributed by atoms with Crippen molar-refractivity contribution in [2.75, 3.05) is 13.2 Å². The molecular weight excluding hydrogens is 398 g/mol. The number of hydrogen-bond acceptors (Lipinski definition) is 5. The third-order valence-corrected chi connectivity index (χ3v) is 5.87. The summed E-state index contributed by atoms with van der Waals surface area (Å²) in [5, 5.41) is 5.58. The minimum absolute atomic E-state index is 0.0286. The highest BCUT2D eigenvalue weighted by molar-refractivity contribution is 5.99. The molecule has 2 aliphatic heterocycles. The van der Waals surface area contributed by atoms with Crippen molar-refractivity contribution in [3.63, 3.8) is 0 Å². The fraction of sp³-hybridized carbons (Fsp3) is 0.565. The van der Waals surface area contributed by atoms with Crippen molar-refractivity contribution in [3.8, 4) is 0 Å². The minimum Gasteiger partial charge on any atom is -0.367 e. The zero-order valence-corrected chi connectivity index (χ0v) is 18.7. The summed E-state index contributed by atoms with van der Waals surface area (Å²) in [4.78, 5) is 51.3. The van der Waals surface area contributed by atoms with Gasteiger partial charge in [-0.3, -0.25) is 19.2 Å². The number of Topliss-reactive ketones (excluding diaryl/α,β-unsaturated/α-hetero) is 1. The monoisotopic (exact) mass is 429 g/mol. The van der Waals surface area contributed by atoms with Crippen molar-refractivity contribution >= 4 is 23.5 Å². The van der Waals surface area contributed by atoms with E-state index >= 15 is 0 Å². The number of ether oxygens (including phenoxy) is 1. The molecule has 2 aliphatic rings. The number of likely N-dealkylation sites (tertiary alicyclic amines) is 1. The Hall–Kier alpha value is -2.74. The fourth-order valence-electron chi connectivity index (χ4n) is 4.15. The number of nitrogens with zero attached hydrogens (tertiary/aromatic N) is 1. The Balaban J connectivity index is 1.74. The van der Waals surface area contributed by atoms with Crippen molar-refractivity contribution in [3.05, 3.63) is 35.4 Å². The van der Waals surface area contributed by atoms with Crippen LogP contribution in [0.4, 0.5) is 0 Å². The zero-order chi connectivity index (χ0) is 22.9. The third kappa shape index (κ3) is 4.95. The average molecular weight is 430 g/mol. The maximum atomic E-state index is 13.5. The number of fused-ring (bicyclic) bond motifs is 1. The van der Waals surface area contributed by atoms with Gasteiger partial charge in [-0.1, -0.05) is 39.8 Å². The third-order valence-electron chi connectivity index (χ3n) is 5.87. The summed E-state index contributed by atoms with van der Waals surface area (Å²) < 4.78 is 5.59. The van der Waals surface area contributed by atoms with Gasteiger partial charge in [-0.05, 0) is 23.1 Å². The number of carbonyl (C=O) groups is 4. The summed E-state index contributed by atoms with van der Waals surface area (Å²) in [6, 6.07) is 5.49. The van der Waals surface area contributed by atoms with Crippen molar-refractivity contribution in [1.29, 1.82) is 0 Å². The molecule has 2 heterocycles. The molecule has 0 radical (unpaired) electrons. The minimum atomic E-state index is -0.793. The lowest BCUT2D eigenvalue weighted by atomic mass is 9.85. The number of hydrogen-bond donors (Lipinski definition) is 2. The van der Waals surface area contributed by atoms with Crippen LogP contribution in [-0.2, 0) is 25.7 Å². The first-order chi connectivity index (χ1) is 14.5. The highest BCUT2D eigenvalue weighted by atomic mass is 16.5. The summed E-state index contributed by atoms with van der Waals surface area (Å²) >= 11 is 0. The van der Waals surface area contributed by atoms with Gasteiger partial charge in [0.25, 0.3) is 5.91 Å². The largest absolute Gasteiger partial charge is 0.367 e. The molecule has 2 saturated heterocycles. The first-order valence-electron chi connectivity index (χ1n) is 10.6. The van der Waals surface area contributed by atoms with Gasteiger partial charge in [-0.15, -0.1) is 0 Å². The molecule has 0 aromatic heterocycles. The van der Waals surface area contributed by atoms with Gasteiger partial charge in [0.15, 0.2) is 5.78 Å². The van der Waals surface area contributed by atoms with Gasteiger partial charge < -0.3 is 20.3 Å². The maximum Gasteiger partial charge on any atom is 0.251 e. The zero-order valence-electron chi connectivity index (χ0n) is 18.7. The molecule has 0 spiro atoms. The lowest BCUT2D eigenvalue weighted by Crippen LogP contribution is -2.57. The van der Waals surface area contributed by atoms with Crippen molar-refractivity contribution in [1.82, 2.24) is 15.5 Å². The Morgan fingerprint density at radius 2 is 1.84 bits per heavy atom. The normalized spacial score (nSPS) is 24.0. The number of ketones is 1. The van der Waals surface area contributed by atoms with Gasteiger partial charge in [-0.25, -0.2) is 0 Å². The van der Waals surface area contributed by atoms with Gasteiger partial charge in [0.1, 0.15) is 18.7 Å². The van der Waals surface area contributed by atoms with E-state index in [1.165, 1.54) is 6.92 Å². The van der Waals surface area contributed by atoms with Crippen LogP contribution in [0.25, 0.3) is 0 Å². The van der Waals surface area contributed by atoms with Crippen LogP contribution in [0.1, 0.15) is 50.5 Å². The van der Waals surface area contributed by atoms with Crippen molar-refractivity contribution in [2.24, 2.45) is 11.3 Å². The molecule has 0 bridgehead atoms. The first-order valence-corrected chi connectivity index (χ1v) is 10.6. The van der Waals surface area contributed by atoms with E-state index in [0.717, 1.165) is 5.56 Å². The topological polar surface area (TPSA) is 105 Å². The lowest BCUT2D eigenvalue weighted by Gasteiger charge is -2.35. The molecule has 1 unspecified atom stereocenters. The number of carbonyl (C=O) groups excluding carboxylic acids is 4.